The molecule has 98 valence electrons. The van der Waals surface area contributed by atoms with Crippen molar-refractivity contribution in [1.82, 2.24) is 10.2 Å². The third kappa shape index (κ3) is 2.34. The lowest BCUT2D eigenvalue weighted by atomic mass is 10.0. The smallest absolute Gasteiger partial charge is 0.239 e. The number of piperazine rings is 1. The van der Waals surface area contributed by atoms with E-state index in [1.54, 1.807) is 0 Å². The molecular weight excluding hydrogens is 236 g/mol. The van der Waals surface area contributed by atoms with Crippen LogP contribution in [0.1, 0.15) is 12.5 Å². The van der Waals surface area contributed by atoms with E-state index in [1.807, 2.05) is 24.0 Å². The molecule has 1 aliphatic heterocycles. The van der Waals surface area contributed by atoms with Gasteiger partial charge in [-0.15, -0.1) is 0 Å². The molecule has 1 aliphatic rings. The van der Waals surface area contributed by atoms with Gasteiger partial charge in [0.05, 0.1) is 6.04 Å². The first-order valence-corrected chi connectivity index (χ1v) is 6.74. The molecule has 1 unspecified atom stereocenters. The molecule has 0 aromatic heterocycles. The number of carbonyl (C=O) groups is 1. The molecule has 0 bridgehead atoms. The van der Waals surface area contributed by atoms with E-state index < -0.39 is 0 Å². The fourth-order valence-electron chi connectivity index (χ4n) is 2.68. The Hall–Kier alpha value is -1.87. The predicted molar refractivity (Wildman–Crippen MR) is 76.8 cm³/mol. The first-order chi connectivity index (χ1) is 9.25. The molecule has 2 aromatic rings. The first-order valence-electron chi connectivity index (χ1n) is 6.74. The Kier molecular flexibility index (Phi) is 3.22. The normalized spacial score (nSPS) is 19.9. The molecule has 3 heteroatoms. The first kappa shape index (κ1) is 12.2. The fraction of sp³-hybridized carbons (Fsp3) is 0.312. The maximum absolute atomic E-state index is 12.1. The van der Waals surface area contributed by atoms with Crippen molar-refractivity contribution >= 4 is 16.7 Å². The van der Waals surface area contributed by atoms with Crippen LogP contribution in [0.2, 0.25) is 0 Å². The second kappa shape index (κ2) is 5.02. The molecule has 1 fully saturated rings. The van der Waals surface area contributed by atoms with Gasteiger partial charge in [0.25, 0.3) is 0 Å². The van der Waals surface area contributed by atoms with Crippen molar-refractivity contribution in [2.45, 2.75) is 19.5 Å². The summed E-state index contributed by atoms with van der Waals surface area (Å²) >= 11 is 0. The monoisotopic (exact) mass is 254 g/mol. The van der Waals surface area contributed by atoms with Gasteiger partial charge in [-0.3, -0.25) is 4.79 Å². The van der Waals surface area contributed by atoms with Gasteiger partial charge >= 0.3 is 0 Å². The van der Waals surface area contributed by atoms with Crippen LogP contribution < -0.4 is 5.32 Å². The molecule has 1 atom stereocenters. The summed E-state index contributed by atoms with van der Waals surface area (Å²) in [7, 11) is 0. The van der Waals surface area contributed by atoms with E-state index in [1.165, 1.54) is 16.3 Å². The third-order valence-electron chi connectivity index (χ3n) is 3.76. The van der Waals surface area contributed by atoms with Gasteiger partial charge in [-0.25, -0.2) is 0 Å². The fourth-order valence-corrected chi connectivity index (χ4v) is 2.68. The zero-order chi connectivity index (χ0) is 13.2. The summed E-state index contributed by atoms with van der Waals surface area (Å²) < 4.78 is 0. The summed E-state index contributed by atoms with van der Waals surface area (Å²) in [5, 5.41) is 5.67. The van der Waals surface area contributed by atoms with Crippen LogP contribution in [0.3, 0.4) is 0 Å². The summed E-state index contributed by atoms with van der Waals surface area (Å²) in [6.45, 7) is 4.29. The van der Waals surface area contributed by atoms with Gasteiger partial charge in [0, 0.05) is 19.6 Å². The van der Waals surface area contributed by atoms with Crippen LogP contribution in [0, 0.1) is 0 Å². The lowest BCUT2D eigenvalue weighted by Crippen LogP contribution is -2.53. The van der Waals surface area contributed by atoms with E-state index in [-0.39, 0.29) is 11.9 Å². The minimum absolute atomic E-state index is 0.0660. The number of benzene rings is 2. The molecule has 0 aliphatic carbocycles. The van der Waals surface area contributed by atoms with Gasteiger partial charge < -0.3 is 10.2 Å². The van der Waals surface area contributed by atoms with Crippen LogP contribution in [0.25, 0.3) is 10.8 Å². The summed E-state index contributed by atoms with van der Waals surface area (Å²) in [4.78, 5) is 14.1. The second-order valence-electron chi connectivity index (χ2n) is 5.07. The lowest BCUT2D eigenvalue weighted by Gasteiger charge is -2.31. The standard InChI is InChI=1S/C16H18N2O/c1-12-16(19)18(10-9-17-12)11-14-7-4-6-13-5-2-3-8-15(13)14/h2-8,12,17H,9-11H2,1H3. The van der Waals surface area contributed by atoms with Crippen LogP contribution in [-0.4, -0.2) is 29.9 Å². The van der Waals surface area contributed by atoms with E-state index in [0.29, 0.717) is 6.54 Å². The maximum Gasteiger partial charge on any atom is 0.239 e. The minimum atomic E-state index is -0.0660. The Morgan fingerprint density at radius 3 is 2.89 bits per heavy atom. The van der Waals surface area contributed by atoms with E-state index in [2.05, 4.69) is 35.6 Å². The highest BCUT2D eigenvalue weighted by molar-refractivity contribution is 5.87. The highest BCUT2D eigenvalue weighted by atomic mass is 16.2. The average Bonchev–Trinajstić information content (AvgIpc) is 2.44. The van der Waals surface area contributed by atoms with Gasteiger partial charge in [-0.2, -0.15) is 0 Å². The number of rotatable bonds is 2. The molecule has 1 heterocycles. The summed E-state index contributed by atoms with van der Waals surface area (Å²) in [5.74, 6) is 0.194. The number of nitrogens with one attached hydrogen (secondary N) is 1. The lowest BCUT2D eigenvalue weighted by molar-refractivity contribution is -0.135. The maximum atomic E-state index is 12.1. The second-order valence-corrected chi connectivity index (χ2v) is 5.07. The molecule has 0 spiro atoms. The number of hydrogen-bond donors (Lipinski definition) is 1. The van der Waals surface area contributed by atoms with Gasteiger partial charge in [-0.1, -0.05) is 42.5 Å². The molecule has 1 amide bonds. The molecule has 1 saturated heterocycles. The predicted octanol–water partition coefficient (Wildman–Crippen LogP) is 2.16. The highest BCUT2D eigenvalue weighted by Crippen LogP contribution is 2.20. The van der Waals surface area contributed by atoms with Gasteiger partial charge in [0.15, 0.2) is 0 Å². The van der Waals surface area contributed by atoms with Crippen molar-refractivity contribution in [1.29, 1.82) is 0 Å². The molecule has 0 saturated carbocycles. The van der Waals surface area contributed by atoms with Crippen molar-refractivity contribution < 1.29 is 4.79 Å². The van der Waals surface area contributed by atoms with Crippen LogP contribution in [0.4, 0.5) is 0 Å². The van der Waals surface area contributed by atoms with E-state index >= 15 is 0 Å². The van der Waals surface area contributed by atoms with Crippen LogP contribution >= 0.6 is 0 Å². The van der Waals surface area contributed by atoms with Crippen molar-refractivity contribution in [2.75, 3.05) is 13.1 Å². The van der Waals surface area contributed by atoms with Crippen LogP contribution in [-0.2, 0) is 11.3 Å². The molecule has 1 N–H and O–H groups in total. The number of carbonyl (C=O) groups excluding carboxylic acids is 1. The van der Waals surface area contributed by atoms with E-state index in [4.69, 9.17) is 0 Å². The molecule has 3 nitrogen and oxygen atoms in total. The molecule has 3 rings (SSSR count). The number of fused-ring (bicyclic) bond motifs is 1. The molecule has 0 radical (unpaired) electrons. The number of nitrogens with zero attached hydrogens (tertiary/aromatic N) is 1. The topological polar surface area (TPSA) is 32.3 Å². The van der Waals surface area contributed by atoms with E-state index in [0.717, 1.165) is 13.1 Å². The largest absolute Gasteiger partial charge is 0.336 e. The van der Waals surface area contributed by atoms with Gasteiger partial charge in [0.1, 0.15) is 0 Å². The Morgan fingerprint density at radius 1 is 1.21 bits per heavy atom. The van der Waals surface area contributed by atoms with Crippen molar-refractivity contribution in [2.24, 2.45) is 0 Å². The molecular formula is C16H18N2O. The van der Waals surface area contributed by atoms with Gasteiger partial charge in [-0.05, 0) is 23.3 Å². The zero-order valence-electron chi connectivity index (χ0n) is 11.1. The summed E-state index contributed by atoms with van der Waals surface area (Å²) in [5.41, 5.74) is 1.22. The van der Waals surface area contributed by atoms with Crippen molar-refractivity contribution in [3.8, 4) is 0 Å². The quantitative estimate of drug-likeness (QED) is 0.890. The zero-order valence-corrected chi connectivity index (χ0v) is 11.1. The molecule has 19 heavy (non-hydrogen) atoms. The third-order valence-corrected chi connectivity index (χ3v) is 3.76. The summed E-state index contributed by atoms with van der Waals surface area (Å²) in [6.07, 6.45) is 0. The van der Waals surface area contributed by atoms with Crippen LogP contribution in [0.5, 0.6) is 0 Å². The Labute approximate surface area is 113 Å². The minimum Gasteiger partial charge on any atom is -0.336 e. The highest BCUT2D eigenvalue weighted by Gasteiger charge is 2.24. The van der Waals surface area contributed by atoms with Crippen molar-refractivity contribution in [3.63, 3.8) is 0 Å². The SMILES string of the molecule is CC1NCCN(Cc2cccc3ccccc23)C1=O. The molecule has 2 aromatic carbocycles. The number of hydrogen-bond acceptors (Lipinski definition) is 2. The Bertz CT molecular complexity index is 603. The number of amides is 1. The van der Waals surface area contributed by atoms with Gasteiger partial charge in [0.2, 0.25) is 5.91 Å². The Morgan fingerprint density at radius 2 is 2.00 bits per heavy atom. The van der Waals surface area contributed by atoms with Crippen molar-refractivity contribution in [3.05, 3.63) is 48.0 Å². The van der Waals surface area contributed by atoms with Crippen LogP contribution in [0.15, 0.2) is 42.5 Å². The Balaban J connectivity index is 1.91. The average molecular weight is 254 g/mol. The summed E-state index contributed by atoms with van der Waals surface area (Å²) in [6, 6.07) is 14.6. The van der Waals surface area contributed by atoms with E-state index in [9.17, 15) is 4.79 Å².